The van der Waals surface area contributed by atoms with Crippen molar-refractivity contribution < 1.29 is 23.8 Å². The van der Waals surface area contributed by atoms with Crippen molar-refractivity contribution in [3.8, 4) is 5.75 Å². The van der Waals surface area contributed by atoms with Crippen LogP contribution in [0.25, 0.3) is 6.08 Å². The molecular weight excluding hydrogens is 248 g/mol. The number of hydrogen-bond donors (Lipinski definition) is 0. The SMILES string of the molecule is COC(=O)C1=Cc2cccc(C)c2OC1C(=O)OC. The molecule has 0 aliphatic carbocycles. The van der Waals surface area contributed by atoms with Crippen molar-refractivity contribution in [1.29, 1.82) is 0 Å². The zero-order valence-electron chi connectivity index (χ0n) is 10.9. The molecule has 1 aromatic rings. The molecule has 1 unspecified atom stereocenters. The van der Waals surface area contributed by atoms with Gasteiger partial charge in [-0.1, -0.05) is 18.2 Å². The number of hydrogen-bond acceptors (Lipinski definition) is 5. The van der Waals surface area contributed by atoms with Crippen LogP contribution in [0.1, 0.15) is 11.1 Å². The quantitative estimate of drug-likeness (QED) is 0.755. The molecule has 5 nitrogen and oxygen atoms in total. The number of carbonyl (C=O) groups excluding carboxylic acids is 2. The van der Waals surface area contributed by atoms with E-state index in [0.29, 0.717) is 5.75 Å². The van der Waals surface area contributed by atoms with Crippen molar-refractivity contribution in [3.05, 3.63) is 34.9 Å². The average molecular weight is 262 g/mol. The molecule has 1 aliphatic heterocycles. The fourth-order valence-corrected chi connectivity index (χ4v) is 1.94. The molecule has 0 amide bonds. The first kappa shape index (κ1) is 13.1. The van der Waals surface area contributed by atoms with Gasteiger partial charge in [0.15, 0.2) is 0 Å². The Morgan fingerprint density at radius 2 is 1.95 bits per heavy atom. The summed E-state index contributed by atoms with van der Waals surface area (Å²) in [6.45, 7) is 1.87. The molecule has 1 aliphatic rings. The molecule has 0 N–H and O–H groups in total. The molecule has 0 fully saturated rings. The van der Waals surface area contributed by atoms with Crippen LogP contribution < -0.4 is 4.74 Å². The summed E-state index contributed by atoms with van der Waals surface area (Å²) in [6.07, 6.45) is 0.505. The highest BCUT2D eigenvalue weighted by Gasteiger charge is 2.35. The van der Waals surface area contributed by atoms with Gasteiger partial charge in [-0.2, -0.15) is 0 Å². The summed E-state index contributed by atoms with van der Waals surface area (Å²) in [6, 6.07) is 5.52. The molecule has 0 saturated carbocycles. The normalized spacial score (nSPS) is 16.8. The van der Waals surface area contributed by atoms with Crippen LogP contribution >= 0.6 is 0 Å². The zero-order chi connectivity index (χ0) is 14.0. The lowest BCUT2D eigenvalue weighted by atomic mass is 9.99. The van der Waals surface area contributed by atoms with Crippen molar-refractivity contribution in [2.24, 2.45) is 0 Å². The van der Waals surface area contributed by atoms with Crippen molar-refractivity contribution in [2.45, 2.75) is 13.0 Å². The van der Waals surface area contributed by atoms with E-state index in [4.69, 9.17) is 4.74 Å². The van der Waals surface area contributed by atoms with Crippen LogP contribution in [0, 0.1) is 6.92 Å². The Labute approximate surface area is 110 Å². The largest absolute Gasteiger partial charge is 0.473 e. The minimum atomic E-state index is -1.09. The van der Waals surface area contributed by atoms with Gasteiger partial charge in [0, 0.05) is 5.56 Å². The molecule has 0 aromatic heterocycles. The summed E-state index contributed by atoms with van der Waals surface area (Å²) in [5.74, 6) is -0.668. The molecule has 1 aromatic carbocycles. The Morgan fingerprint density at radius 1 is 1.21 bits per heavy atom. The summed E-state index contributed by atoms with van der Waals surface area (Å²) in [5, 5.41) is 0. The Bertz CT molecular complexity index is 559. The van der Waals surface area contributed by atoms with E-state index in [9.17, 15) is 9.59 Å². The molecule has 0 bridgehead atoms. The van der Waals surface area contributed by atoms with Gasteiger partial charge >= 0.3 is 11.9 Å². The smallest absolute Gasteiger partial charge is 0.352 e. The molecule has 19 heavy (non-hydrogen) atoms. The number of carbonyl (C=O) groups is 2. The second kappa shape index (κ2) is 5.14. The number of aryl methyl sites for hydroxylation is 1. The number of para-hydroxylation sites is 1. The van der Waals surface area contributed by atoms with Crippen LogP contribution in [-0.2, 0) is 19.1 Å². The third-order valence-corrected chi connectivity index (χ3v) is 2.91. The topological polar surface area (TPSA) is 61.8 Å². The first-order valence-electron chi connectivity index (χ1n) is 5.72. The van der Waals surface area contributed by atoms with Gasteiger partial charge in [0.2, 0.25) is 6.10 Å². The third-order valence-electron chi connectivity index (χ3n) is 2.91. The van der Waals surface area contributed by atoms with E-state index in [1.54, 1.807) is 12.1 Å². The molecule has 1 heterocycles. The number of ether oxygens (including phenoxy) is 3. The minimum Gasteiger partial charge on any atom is -0.473 e. The van der Waals surface area contributed by atoms with E-state index < -0.39 is 18.0 Å². The molecule has 0 spiro atoms. The van der Waals surface area contributed by atoms with Crippen LogP contribution in [0.5, 0.6) is 5.75 Å². The summed E-state index contributed by atoms with van der Waals surface area (Å²) in [7, 11) is 2.50. The first-order chi connectivity index (χ1) is 9.08. The van der Waals surface area contributed by atoms with Gasteiger partial charge in [-0.25, -0.2) is 9.59 Å². The van der Waals surface area contributed by atoms with Crippen LogP contribution in [0.15, 0.2) is 23.8 Å². The number of rotatable bonds is 2. The molecular formula is C14H14O5. The van der Waals surface area contributed by atoms with Gasteiger partial charge in [-0.3, -0.25) is 0 Å². The zero-order valence-corrected chi connectivity index (χ0v) is 10.9. The number of fused-ring (bicyclic) bond motifs is 1. The Balaban J connectivity index is 2.52. The summed E-state index contributed by atoms with van der Waals surface area (Å²) in [4.78, 5) is 23.4. The highest BCUT2D eigenvalue weighted by molar-refractivity contribution is 6.02. The van der Waals surface area contributed by atoms with Gasteiger partial charge in [0.05, 0.1) is 19.8 Å². The van der Waals surface area contributed by atoms with Gasteiger partial charge in [-0.15, -0.1) is 0 Å². The van der Waals surface area contributed by atoms with Crippen molar-refractivity contribution >= 4 is 18.0 Å². The minimum absolute atomic E-state index is 0.132. The maximum Gasteiger partial charge on any atom is 0.352 e. The van der Waals surface area contributed by atoms with E-state index >= 15 is 0 Å². The molecule has 2 rings (SSSR count). The van der Waals surface area contributed by atoms with E-state index in [1.165, 1.54) is 14.2 Å². The van der Waals surface area contributed by atoms with E-state index in [0.717, 1.165) is 11.1 Å². The number of methoxy groups -OCH3 is 2. The predicted molar refractivity (Wildman–Crippen MR) is 67.6 cm³/mol. The lowest BCUT2D eigenvalue weighted by Gasteiger charge is -2.25. The fourth-order valence-electron chi connectivity index (χ4n) is 1.94. The Hall–Kier alpha value is -2.30. The second-order valence-corrected chi connectivity index (χ2v) is 4.11. The summed E-state index contributed by atoms with van der Waals surface area (Å²) >= 11 is 0. The van der Waals surface area contributed by atoms with Crippen LogP contribution in [0.4, 0.5) is 0 Å². The van der Waals surface area contributed by atoms with Crippen molar-refractivity contribution in [3.63, 3.8) is 0 Å². The highest BCUT2D eigenvalue weighted by atomic mass is 16.6. The first-order valence-corrected chi connectivity index (χ1v) is 5.72. The third kappa shape index (κ3) is 2.31. The lowest BCUT2D eigenvalue weighted by molar-refractivity contribution is -0.150. The van der Waals surface area contributed by atoms with Gasteiger partial charge in [0.25, 0.3) is 0 Å². The van der Waals surface area contributed by atoms with Crippen LogP contribution in [-0.4, -0.2) is 32.3 Å². The molecule has 100 valence electrons. The molecule has 0 radical (unpaired) electrons. The predicted octanol–water partition coefficient (Wildman–Crippen LogP) is 1.49. The van der Waals surface area contributed by atoms with E-state index in [-0.39, 0.29) is 5.57 Å². The molecule has 0 saturated heterocycles. The lowest BCUT2D eigenvalue weighted by Crippen LogP contribution is -2.36. The number of esters is 2. The van der Waals surface area contributed by atoms with E-state index in [2.05, 4.69) is 9.47 Å². The fraction of sp³-hybridized carbons (Fsp3) is 0.286. The summed E-state index contributed by atoms with van der Waals surface area (Å²) in [5.41, 5.74) is 1.75. The van der Waals surface area contributed by atoms with Gasteiger partial charge < -0.3 is 14.2 Å². The second-order valence-electron chi connectivity index (χ2n) is 4.11. The highest BCUT2D eigenvalue weighted by Crippen LogP contribution is 2.33. The standard InChI is InChI=1S/C14H14O5/c1-8-5-4-6-9-7-10(13(15)17-2)12(14(16)18-3)19-11(8)9/h4-7,12H,1-3H3. The number of benzene rings is 1. The molecule has 1 atom stereocenters. The molecule has 5 heteroatoms. The van der Waals surface area contributed by atoms with Gasteiger partial charge in [0.1, 0.15) is 5.75 Å². The summed E-state index contributed by atoms with van der Waals surface area (Å²) < 4.78 is 14.9. The Morgan fingerprint density at radius 3 is 2.58 bits per heavy atom. The van der Waals surface area contributed by atoms with Crippen molar-refractivity contribution in [1.82, 2.24) is 0 Å². The maximum atomic E-state index is 11.7. The average Bonchev–Trinajstić information content (AvgIpc) is 2.44. The maximum absolute atomic E-state index is 11.7. The Kier molecular flexibility index (Phi) is 3.55. The van der Waals surface area contributed by atoms with Gasteiger partial charge in [-0.05, 0) is 18.6 Å². The van der Waals surface area contributed by atoms with E-state index in [1.807, 2.05) is 19.1 Å². The van der Waals surface area contributed by atoms with Crippen LogP contribution in [0.2, 0.25) is 0 Å². The van der Waals surface area contributed by atoms with Crippen molar-refractivity contribution in [2.75, 3.05) is 14.2 Å². The monoisotopic (exact) mass is 262 g/mol. The van der Waals surface area contributed by atoms with Crippen LogP contribution in [0.3, 0.4) is 0 Å².